The van der Waals surface area contributed by atoms with Gasteiger partial charge >= 0.3 is 0 Å². The lowest BCUT2D eigenvalue weighted by molar-refractivity contribution is 0.129. The van der Waals surface area contributed by atoms with Gasteiger partial charge in [-0.15, -0.1) is 0 Å². The van der Waals surface area contributed by atoms with Gasteiger partial charge in [0.25, 0.3) is 0 Å². The number of hydrogen-bond acceptors (Lipinski definition) is 25. The number of para-hydroxylation sites is 2. The third-order valence-electron chi connectivity index (χ3n) is 23.6. The van der Waals surface area contributed by atoms with Crippen LogP contribution in [0.4, 0.5) is 17.2 Å². The summed E-state index contributed by atoms with van der Waals surface area (Å²) >= 11 is 0. The molecule has 0 amide bonds. The van der Waals surface area contributed by atoms with Gasteiger partial charge in [0, 0.05) is 225 Å². The van der Waals surface area contributed by atoms with Gasteiger partial charge in [-0.05, 0) is 257 Å². The van der Waals surface area contributed by atoms with E-state index < -0.39 is 0 Å². The zero-order valence-corrected chi connectivity index (χ0v) is 72.6. The Bertz CT molecular complexity index is 2310. The second-order valence-electron chi connectivity index (χ2n) is 33.0. The third kappa shape index (κ3) is 47.8. The maximum absolute atomic E-state index is 5.77. The van der Waals surface area contributed by atoms with Gasteiger partial charge in [0.1, 0.15) is 5.82 Å². The quantitative estimate of drug-likeness (QED) is 0.0567. The van der Waals surface area contributed by atoms with Gasteiger partial charge in [-0.1, -0.05) is 83.0 Å². The first-order valence-corrected chi connectivity index (χ1v) is 45.7. The van der Waals surface area contributed by atoms with Crippen molar-refractivity contribution >= 4 is 17.2 Å². The lowest BCUT2D eigenvalue weighted by Gasteiger charge is -2.35. The summed E-state index contributed by atoms with van der Waals surface area (Å²) in [5, 5.41) is 0. The lowest BCUT2D eigenvalue weighted by atomic mass is 10.1. The van der Waals surface area contributed by atoms with E-state index in [1.54, 1.807) is 0 Å². The summed E-state index contributed by atoms with van der Waals surface area (Å²) in [4.78, 5) is 38.7. The van der Waals surface area contributed by atoms with Crippen LogP contribution in [0.2, 0.25) is 0 Å². The summed E-state index contributed by atoms with van der Waals surface area (Å²) in [5.41, 5.74) is 58.3. The zero-order valence-electron chi connectivity index (χ0n) is 72.6. The molecule has 10 saturated heterocycles. The maximum Gasteiger partial charge on any atom is 0.128 e. The number of rotatable bonds is 23. The molecule has 0 radical (unpaired) electrons. The molecule has 0 bridgehead atoms. The highest BCUT2D eigenvalue weighted by molar-refractivity contribution is 5.47. The molecule has 11 aliphatic rings. The molecular formula is C89H179N25. The van der Waals surface area contributed by atoms with E-state index in [2.05, 4.69) is 161 Å². The van der Waals surface area contributed by atoms with Crippen molar-refractivity contribution in [2.24, 2.45) is 57.3 Å². The molecule has 660 valence electrons. The largest absolute Gasteiger partial charge is 0.369 e. The Morgan fingerprint density at radius 3 is 0.868 bits per heavy atom. The molecule has 0 spiro atoms. The van der Waals surface area contributed by atoms with Crippen molar-refractivity contribution in [1.29, 1.82) is 0 Å². The van der Waals surface area contributed by atoms with Crippen molar-refractivity contribution in [1.82, 2.24) is 58.9 Å². The van der Waals surface area contributed by atoms with Gasteiger partial charge in [0.15, 0.2) is 0 Å². The van der Waals surface area contributed by atoms with Gasteiger partial charge in [-0.3, -0.25) is 24.5 Å². The summed E-state index contributed by atoms with van der Waals surface area (Å²) in [6.07, 6.45) is 28.1. The average molecular weight is 1600 g/mol. The number of anilines is 3. The molecule has 25 nitrogen and oxygen atoms in total. The number of nitrogens with zero attached hydrogens (tertiary/aromatic N) is 15. The fourth-order valence-electron chi connectivity index (χ4n) is 16.2. The number of hydrogen-bond donors (Lipinski definition) is 10. The normalized spacial score (nSPS) is 21.4. The van der Waals surface area contributed by atoms with E-state index in [1.807, 2.05) is 18.3 Å². The number of piperidine rings is 6. The molecule has 1 aliphatic carbocycles. The van der Waals surface area contributed by atoms with Crippen molar-refractivity contribution in [3.8, 4) is 0 Å². The van der Waals surface area contributed by atoms with E-state index in [9.17, 15) is 0 Å². The average Bonchev–Trinajstić information content (AvgIpc) is 1.61. The van der Waals surface area contributed by atoms with Crippen LogP contribution in [0.25, 0.3) is 0 Å². The standard InChI is InChI=1S/2C12H19N3.C11H18N4.C9H19N3.3C8H18N2.2C7H16N2.C6H14N2.CH4/c2*13-6-7-14-8-10-15(11-9-14)12-4-2-1-3-5-12;12-4-6-14-7-9-15(10-8-14)11-3-1-2-5-13-11;10-3-4-11-5-7-12(8-6-11)9-1-2-9;2*1-2-5-10-6-3-8(9)4-7-10;9-5-4-8-10-6-2-1-3-7-10;2*8-4-7-9-5-2-1-3-6-9;1-8-4-2-6(7)3-5-8;/h2*1-5H,6-11,13H2;1-3,5H,4,6-10,12H2;9H,1-8,10H2;2*8H,2-7,9H2,1H3;1-9H2;2*1-8H2;6H,2-5,7H2,1H3;1H4. The highest BCUT2D eigenvalue weighted by Crippen LogP contribution is 2.27. The van der Waals surface area contributed by atoms with Gasteiger partial charge in [0.05, 0.1) is 0 Å². The first kappa shape index (κ1) is 102. The summed E-state index contributed by atoms with van der Waals surface area (Å²) in [5.74, 6) is 1.09. The van der Waals surface area contributed by atoms with Crippen LogP contribution in [0.1, 0.15) is 150 Å². The Morgan fingerprint density at radius 2 is 0.579 bits per heavy atom. The Hall–Kier alpha value is -3.85. The summed E-state index contributed by atoms with van der Waals surface area (Å²) in [6.45, 7) is 53.3. The van der Waals surface area contributed by atoms with Gasteiger partial charge in [-0.2, -0.15) is 0 Å². The van der Waals surface area contributed by atoms with Crippen molar-refractivity contribution in [2.45, 2.75) is 174 Å². The predicted octanol–water partition coefficient (Wildman–Crippen LogP) is 5.42. The first-order valence-electron chi connectivity index (χ1n) is 45.7. The van der Waals surface area contributed by atoms with Crippen LogP contribution in [-0.4, -0.2) is 378 Å². The molecule has 25 heteroatoms. The number of piperazine rings is 4. The van der Waals surface area contributed by atoms with Gasteiger partial charge < -0.3 is 101 Å². The Morgan fingerprint density at radius 1 is 0.289 bits per heavy atom. The third-order valence-corrected chi connectivity index (χ3v) is 23.6. The minimum atomic E-state index is 0. The number of benzene rings is 2. The minimum absolute atomic E-state index is 0. The molecule has 1 aromatic heterocycles. The number of nitrogens with two attached hydrogens (primary N) is 10. The van der Waals surface area contributed by atoms with Crippen molar-refractivity contribution < 1.29 is 0 Å². The number of pyridine rings is 1. The molecule has 0 atom stereocenters. The highest BCUT2D eigenvalue weighted by atomic mass is 15.3. The van der Waals surface area contributed by atoms with Crippen LogP contribution in [0.5, 0.6) is 0 Å². The molecule has 20 N–H and O–H groups in total. The van der Waals surface area contributed by atoms with Crippen molar-refractivity contribution in [3.63, 3.8) is 0 Å². The molecule has 0 unspecified atom stereocenters. The van der Waals surface area contributed by atoms with E-state index in [0.29, 0.717) is 18.1 Å². The first-order chi connectivity index (χ1) is 55.3. The molecule has 3 aromatic rings. The second-order valence-corrected chi connectivity index (χ2v) is 33.0. The van der Waals surface area contributed by atoms with E-state index in [-0.39, 0.29) is 7.43 Å². The van der Waals surface area contributed by atoms with Crippen LogP contribution in [0.15, 0.2) is 85.1 Å². The Balaban J connectivity index is 0.000000269. The topological polar surface area (TPSA) is 318 Å². The highest BCUT2D eigenvalue weighted by Gasteiger charge is 2.31. The fraction of sp³-hybridized carbons (Fsp3) is 0.809. The molecule has 14 rings (SSSR count). The molecular weight excluding hydrogens is 1420 g/mol. The van der Waals surface area contributed by atoms with Crippen molar-refractivity contribution in [2.75, 3.05) is 310 Å². The predicted molar refractivity (Wildman–Crippen MR) is 492 cm³/mol. The van der Waals surface area contributed by atoms with Crippen LogP contribution in [0, 0.1) is 0 Å². The van der Waals surface area contributed by atoms with Crippen LogP contribution in [0.3, 0.4) is 0 Å². The molecule has 114 heavy (non-hydrogen) atoms. The molecule has 10 aliphatic heterocycles. The Kier molecular flexibility index (Phi) is 60.1. The molecule has 11 heterocycles. The van der Waals surface area contributed by atoms with Crippen LogP contribution in [-0.2, 0) is 0 Å². The molecule has 11 fully saturated rings. The zero-order chi connectivity index (χ0) is 81.0. The number of aromatic nitrogens is 1. The Labute approximate surface area is 698 Å². The smallest absolute Gasteiger partial charge is 0.128 e. The maximum atomic E-state index is 5.77. The van der Waals surface area contributed by atoms with E-state index >= 15 is 0 Å². The lowest BCUT2D eigenvalue weighted by Crippen LogP contribution is -2.48. The van der Waals surface area contributed by atoms with E-state index in [0.717, 1.165) is 175 Å². The van der Waals surface area contributed by atoms with E-state index in [4.69, 9.17) is 57.3 Å². The van der Waals surface area contributed by atoms with Crippen LogP contribution >= 0.6 is 0 Å². The van der Waals surface area contributed by atoms with Gasteiger partial charge in [0.2, 0.25) is 0 Å². The summed E-state index contributed by atoms with van der Waals surface area (Å²) in [6, 6.07) is 29.7. The van der Waals surface area contributed by atoms with Crippen LogP contribution < -0.4 is 72.0 Å². The molecule has 2 aromatic carbocycles. The second kappa shape index (κ2) is 66.9. The van der Waals surface area contributed by atoms with Gasteiger partial charge in [-0.25, -0.2) is 4.98 Å². The molecule has 1 saturated carbocycles. The monoisotopic (exact) mass is 1600 g/mol. The van der Waals surface area contributed by atoms with Crippen molar-refractivity contribution in [3.05, 3.63) is 85.1 Å². The SMILES string of the molecule is C.CCCN1CCC(N)CC1.CCCN1CCC(N)CC1.CN1CCC(N)CC1.NCCCN1CCCCC1.NCCN1CCCCC1.NCCN1CCCCC1.NCCN1CCN(C2CC2)CC1.NCCN1CCN(c2ccccc2)CC1.NCCN1CCN(c2ccccc2)CC1.NCCN1CCN(c2ccccn2)CC1. The minimum Gasteiger partial charge on any atom is -0.369 e. The summed E-state index contributed by atoms with van der Waals surface area (Å²) in [7, 11) is 2.14. The fourth-order valence-corrected chi connectivity index (χ4v) is 16.2. The summed E-state index contributed by atoms with van der Waals surface area (Å²) < 4.78 is 0. The van der Waals surface area contributed by atoms with E-state index in [1.165, 1.54) is 264 Å². The number of likely N-dealkylation sites (tertiary alicyclic amines) is 6.